The largest absolute Gasteiger partial charge is 0.368 e. The highest BCUT2D eigenvalue weighted by atomic mass is 16.5. The van der Waals surface area contributed by atoms with Crippen molar-refractivity contribution in [3.8, 4) is 34.1 Å². The van der Waals surface area contributed by atoms with Gasteiger partial charge >= 0.3 is 0 Å². The number of pyridine rings is 1. The Kier molecular flexibility index (Phi) is 6.38. The van der Waals surface area contributed by atoms with E-state index in [4.69, 9.17) is 10.3 Å². The maximum Gasteiger partial charge on any atom is 0.261 e. The van der Waals surface area contributed by atoms with Crippen molar-refractivity contribution in [3.05, 3.63) is 42.6 Å². The average Bonchev–Trinajstić information content (AvgIpc) is 3.44. The zero-order valence-electron chi connectivity index (χ0n) is 18.7. The van der Waals surface area contributed by atoms with Gasteiger partial charge in [-0.2, -0.15) is 10.1 Å². The van der Waals surface area contributed by atoms with Crippen LogP contribution in [0.3, 0.4) is 0 Å². The third-order valence-corrected chi connectivity index (χ3v) is 4.81. The summed E-state index contributed by atoms with van der Waals surface area (Å²) in [5, 5.41) is 11.1. The molecule has 0 unspecified atom stereocenters. The van der Waals surface area contributed by atoms with Crippen LogP contribution in [0.25, 0.3) is 34.1 Å². The van der Waals surface area contributed by atoms with E-state index in [0.29, 0.717) is 29.7 Å². The molecule has 0 atom stereocenters. The van der Waals surface area contributed by atoms with Crippen molar-refractivity contribution in [2.75, 3.05) is 12.3 Å². The molecule has 1 amide bonds. The van der Waals surface area contributed by atoms with Crippen LogP contribution in [0.5, 0.6) is 0 Å². The van der Waals surface area contributed by atoms with Gasteiger partial charge in [0.1, 0.15) is 6.54 Å². The molecule has 3 N–H and O–H groups in total. The first-order valence-electron chi connectivity index (χ1n) is 10.6. The average molecular weight is 448 g/mol. The number of nitrogens with two attached hydrogens (primary N) is 1. The molecule has 4 aromatic rings. The second-order valence-corrected chi connectivity index (χ2v) is 7.96. The predicted octanol–water partition coefficient (Wildman–Crippen LogP) is 2.37. The molecular weight excluding hydrogens is 422 g/mol. The molecule has 11 nitrogen and oxygen atoms in total. The SMILES string of the molecule is CCNC(=O)Cn1cc(-c2nc(-c3cnc(-c4cnc(N)nc4)cc3CC(C)C)no2)cn1. The molecule has 0 radical (unpaired) electrons. The van der Waals surface area contributed by atoms with E-state index in [0.717, 1.165) is 28.8 Å². The summed E-state index contributed by atoms with van der Waals surface area (Å²) in [6.07, 6.45) is 9.12. The molecule has 0 saturated heterocycles. The van der Waals surface area contributed by atoms with Gasteiger partial charge in [-0.3, -0.25) is 14.5 Å². The van der Waals surface area contributed by atoms with Crippen molar-refractivity contribution in [3.63, 3.8) is 0 Å². The van der Waals surface area contributed by atoms with Gasteiger partial charge in [0.15, 0.2) is 0 Å². The van der Waals surface area contributed by atoms with Crippen molar-refractivity contribution in [2.45, 2.75) is 33.7 Å². The first-order valence-corrected chi connectivity index (χ1v) is 10.6. The molecule has 0 aliphatic carbocycles. The minimum Gasteiger partial charge on any atom is -0.368 e. The molecule has 0 aliphatic rings. The van der Waals surface area contributed by atoms with Gasteiger partial charge in [0.2, 0.25) is 17.7 Å². The number of carbonyl (C=O) groups is 1. The van der Waals surface area contributed by atoms with Crippen LogP contribution in [0.15, 0.2) is 41.6 Å². The van der Waals surface area contributed by atoms with E-state index >= 15 is 0 Å². The van der Waals surface area contributed by atoms with Gasteiger partial charge in [-0.15, -0.1) is 0 Å². The number of amides is 1. The molecule has 4 aromatic heterocycles. The smallest absolute Gasteiger partial charge is 0.261 e. The first-order chi connectivity index (χ1) is 15.9. The predicted molar refractivity (Wildman–Crippen MR) is 121 cm³/mol. The second kappa shape index (κ2) is 9.55. The van der Waals surface area contributed by atoms with Crippen LogP contribution in [-0.4, -0.2) is 47.3 Å². The van der Waals surface area contributed by atoms with Gasteiger partial charge in [0.25, 0.3) is 5.89 Å². The molecule has 0 bridgehead atoms. The lowest BCUT2D eigenvalue weighted by Gasteiger charge is -2.11. The monoisotopic (exact) mass is 447 g/mol. The maximum atomic E-state index is 11.8. The minimum atomic E-state index is -0.116. The van der Waals surface area contributed by atoms with Crippen molar-refractivity contribution in [2.24, 2.45) is 5.92 Å². The highest BCUT2D eigenvalue weighted by molar-refractivity contribution is 5.75. The van der Waals surface area contributed by atoms with Crippen LogP contribution in [0, 0.1) is 5.92 Å². The van der Waals surface area contributed by atoms with E-state index in [-0.39, 0.29) is 18.4 Å². The number of nitrogens with one attached hydrogen (secondary N) is 1. The number of carbonyl (C=O) groups excluding carboxylic acids is 1. The Hall–Kier alpha value is -4.15. The molecule has 4 rings (SSSR count). The van der Waals surface area contributed by atoms with Crippen LogP contribution in [-0.2, 0) is 17.8 Å². The van der Waals surface area contributed by atoms with Crippen molar-refractivity contribution < 1.29 is 9.32 Å². The Balaban J connectivity index is 1.62. The number of nitrogen functional groups attached to an aromatic ring is 1. The van der Waals surface area contributed by atoms with Gasteiger partial charge in [-0.1, -0.05) is 19.0 Å². The van der Waals surface area contributed by atoms with Crippen LogP contribution >= 0.6 is 0 Å². The summed E-state index contributed by atoms with van der Waals surface area (Å²) in [7, 11) is 0. The molecule has 4 heterocycles. The quantitative estimate of drug-likeness (QED) is 0.415. The number of aromatic nitrogens is 7. The van der Waals surface area contributed by atoms with Crippen molar-refractivity contribution in [1.29, 1.82) is 0 Å². The van der Waals surface area contributed by atoms with Gasteiger partial charge in [0, 0.05) is 42.5 Å². The van der Waals surface area contributed by atoms with Gasteiger partial charge in [0.05, 0.1) is 17.5 Å². The fraction of sp³-hybridized carbons (Fsp3) is 0.318. The lowest BCUT2D eigenvalue weighted by molar-refractivity contribution is -0.121. The minimum absolute atomic E-state index is 0.116. The van der Waals surface area contributed by atoms with E-state index in [1.807, 2.05) is 13.0 Å². The highest BCUT2D eigenvalue weighted by Crippen LogP contribution is 2.28. The highest BCUT2D eigenvalue weighted by Gasteiger charge is 2.18. The van der Waals surface area contributed by atoms with E-state index in [2.05, 4.69) is 49.4 Å². The lowest BCUT2D eigenvalue weighted by Crippen LogP contribution is -2.27. The van der Waals surface area contributed by atoms with E-state index in [1.165, 1.54) is 4.68 Å². The number of likely N-dealkylation sites (N-methyl/N-ethyl adjacent to an activating group) is 1. The number of anilines is 1. The molecule has 170 valence electrons. The first kappa shape index (κ1) is 22.1. The topological polar surface area (TPSA) is 151 Å². The van der Waals surface area contributed by atoms with Crippen LogP contribution in [0.2, 0.25) is 0 Å². The van der Waals surface area contributed by atoms with E-state index in [9.17, 15) is 4.79 Å². The molecule has 33 heavy (non-hydrogen) atoms. The molecule has 0 fully saturated rings. The van der Waals surface area contributed by atoms with E-state index in [1.54, 1.807) is 31.0 Å². The summed E-state index contributed by atoms with van der Waals surface area (Å²) in [6.45, 7) is 6.83. The fourth-order valence-corrected chi connectivity index (χ4v) is 3.35. The standard InChI is InChI=1S/C22H25N9O2/c1-4-24-19(32)12-31-11-16(9-28-31)21-29-20(30-33-21)17-10-25-18(6-14(17)5-13(2)3)15-7-26-22(23)27-8-15/h6-11,13H,4-5,12H2,1-3H3,(H,24,32)(H2,23,26,27). The number of nitrogens with zero attached hydrogens (tertiary/aromatic N) is 7. The molecule has 0 aliphatic heterocycles. The molecule has 0 saturated carbocycles. The van der Waals surface area contributed by atoms with Crippen molar-refractivity contribution >= 4 is 11.9 Å². The van der Waals surface area contributed by atoms with Crippen molar-refractivity contribution in [1.82, 2.24) is 40.2 Å². The summed E-state index contributed by atoms with van der Waals surface area (Å²) in [5.74, 6) is 1.25. The molecule has 11 heteroatoms. The summed E-state index contributed by atoms with van der Waals surface area (Å²) in [5.41, 5.74) is 9.56. The normalized spacial score (nSPS) is 11.2. The fourth-order valence-electron chi connectivity index (χ4n) is 3.35. The molecular formula is C22H25N9O2. The van der Waals surface area contributed by atoms with Crippen LogP contribution in [0.1, 0.15) is 26.3 Å². The number of hydrogen-bond donors (Lipinski definition) is 2. The Labute approximate surface area is 190 Å². The zero-order valence-corrected chi connectivity index (χ0v) is 18.7. The van der Waals surface area contributed by atoms with E-state index < -0.39 is 0 Å². The number of hydrogen-bond acceptors (Lipinski definition) is 9. The van der Waals surface area contributed by atoms with Gasteiger partial charge in [-0.25, -0.2) is 9.97 Å². The second-order valence-electron chi connectivity index (χ2n) is 7.96. The number of rotatable bonds is 8. The maximum absolute atomic E-state index is 11.8. The molecule has 0 spiro atoms. The lowest BCUT2D eigenvalue weighted by atomic mass is 9.97. The molecule has 0 aromatic carbocycles. The summed E-state index contributed by atoms with van der Waals surface area (Å²) >= 11 is 0. The Morgan fingerprint density at radius 1 is 1.15 bits per heavy atom. The Bertz CT molecular complexity index is 1250. The Morgan fingerprint density at radius 2 is 1.94 bits per heavy atom. The zero-order chi connectivity index (χ0) is 23.4. The summed E-state index contributed by atoms with van der Waals surface area (Å²) in [6, 6.07) is 1.99. The summed E-state index contributed by atoms with van der Waals surface area (Å²) < 4.78 is 7.01. The van der Waals surface area contributed by atoms with Gasteiger partial charge in [-0.05, 0) is 30.9 Å². The third-order valence-electron chi connectivity index (χ3n) is 4.81. The van der Waals surface area contributed by atoms with Crippen LogP contribution < -0.4 is 11.1 Å². The summed E-state index contributed by atoms with van der Waals surface area (Å²) in [4.78, 5) is 29.0. The Morgan fingerprint density at radius 3 is 2.67 bits per heavy atom. The van der Waals surface area contributed by atoms with Crippen LogP contribution in [0.4, 0.5) is 5.95 Å². The third kappa shape index (κ3) is 5.20. The van der Waals surface area contributed by atoms with Gasteiger partial charge < -0.3 is 15.6 Å².